The maximum Gasteiger partial charge on any atom is 0.255 e. The number of nitrogens with one attached hydrogen (secondary N) is 1. The number of aliphatic hydroxyl groups excluding tert-OH is 1. The topological polar surface area (TPSA) is 67.2 Å². The van der Waals surface area contributed by atoms with E-state index < -0.39 is 6.10 Å². The lowest BCUT2D eigenvalue weighted by Crippen LogP contribution is -2.45. The number of carbonyl (C=O) groups excluding carboxylic acids is 1. The molecule has 1 aliphatic rings. The molecule has 1 aliphatic carbocycles. The number of aryl methyl sites for hydroxylation is 1. The molecular weight excluding hydrogens is 290 g/mol. The predicted molar refractivity (Wildman–Crippen MR) is 88.8 cm³/mol. The summed E-state index contributed by atoms with van der Waals surface area (Å²) >= 11 is 0. The van der Waals surface area contributed by atoms with Gasteiger partial charge in [0.1, 0.15) is 0 Å². The molecule has 5 nitrogen and oxygen atoms in total. The highest BCUT2D eigenvalue weighted by Gasteiger charge is 2.27. The van der Waals surface area contributed by atoms with Crippen LogP contribution in [0.25, 0.3) is 5.69 Å². The highest BCUT2D eigenvalue weighted by molar-refractivity contribution is 5.96. The molecule has 0 aliphatic heterocycles. The number of benzene rings is 1. The smallest absolute Gasteiger partial charge is 0.255 e. The van der Waals surface area contributed by atoms with Gasteiger partial charge in [0, 0.05) is 0 Å². The SMILES string of the molecule is Cc1nn(-c2ccccc2)c(C)c1C(=O)NC1CCCCC1O. The summed E-state index contributed by atoms with van der Waals surface area (Å²) in [7, 11) is 0. The highest BCUT2D eigenvalue weighted by Crippen LogP contribution is 2.21. The van der Waals surface area contributed by atoms with Crippen molar-refractivity contribution >= 4 is 5.91 Å². The Labute approximate surface area is 136 Å². The summed E-state index contributed by atoms with van der Waals surface area (Å²) in [6.07, 6.45) is 3.21. The van der Waals surface area contributed by atoms with Crippen LogP contribution in [0.2, 0.25) is 0 Å². The summed E-state index contributed by atoms with van der Waals surface area (Å²) in [4.78, 5) is 12.7. The fourth-order valence-electron chi connectivity index (χ4n) is 3.31. The van der Waals surface area contributed by atoms with E-state index in [1.165, 1.54) is 0 Å². The van der Waals surface area contributed by atoms with Crippen LogP contribution in [0.1, 0.15) is 47.4 Å². The van der Waals surface area contributed by atoms with Gasteiger partial charge < -0.3 is 10.4 Å². The maximum absolute atomic E-state index is 12.7. The van der Waals surface area contributed by atoms with E-state index in [0.717, 1.165) is 37.1 Å². The molecule has 1 amide bonds. The molecule has 1 fully saturated rings. The zero-order valence-corrected chi connectivity index (χ0v) is 13.6. The van der Waals surface area contributed by atoms with E-state index in [2.05, 4.69) is 10.4 Å². The largest absolute Gasteiger partial charge is 0.391 e. The van der Waals surface area contributed by atoms with Crippen LogP contribution in [0.15, 0.2) is 30.3 Å². The summed E-state index contributed by atoms with van der Waals surface area (Å²) in [5, 5.41) is 17.5. The van der Waals surface area contributed by atoms with Crippen LogP contribution < -0.4 is 5.32 Å². The molecule has 0 radical (unpaired) electrons. The first-order valence-electron chi connectivity index (χ1n) is 8.18. The van der Waals surface area contributed by atoms with Gasteiger partial charge in [-0.1, -0.05) is 31.0 Å². The summed E-state index contributed by atoms with van der Waals surface area (Å²) in [5.41, 5.74) is 3.06. The zero-order chi connectivity index (χ0) is 16.4. The fraction of sp³-hybridized carbons (Fsp3) is 0.444. The molecule has 2 N–H and O–H groups in total. The molecule has 0 bridgehead atoms. The molecule has 0 saturated heterocycles. The van der Waals surface area contributed by atoms with Crippen molar-refractivity contribution in [1.82, 2.24) is 15.1 Å². The van der Waals surface area contributed by atoms with Crippen molar-refractivity contribution in [3.63, 3.8) is 0 Å². The average Bonchev–Trinajstić information content (AvgIpc) is 2.85. The van der Waals surface area contributed by atoms with Gasteiger partial charge in [0.25, 0.3) is 5.91 Å². The minimum absolute atomic E-state index is 0.145. The molecule has 1 aromatic carbocycles. The predicted octanol–water partition coefficient (Wildman–Crippen LogP) is 2.52. The molecule has 1 aromatic heterocycles. The molecule has 0 spiro atoms. The summed E-state index contributed by atoms with van der Waals surface area (Å²) in [6, 6.07) is 9.62. The molecule has 23 heavy (non-hydrogen) atoms. The van der Waals surface area contributed by atoms with Crippen molar-refractivity contribution in [1.29, 1.82) is 0 Å². The molecule has 122 valence electrons. The van der Waals surface area contributed by atoms with Crippen LogP contribution in [0.5, 0.6) is 0 Å². The normalized spacial score (nSPS) is 21.2. The number of nitrogens with zero attached hydrogens (tertiary/aromatic N) is 2. The minimum atomic E-state index is -0.447. The van der Waals surface area contributed by atoms with Gasteiger partial charge in [-0.25, -0.2) is 4.68 Å². The van der Waals surface area contributed by atoms with Crippen molar-refractivity contribution in [2.24, 2.45) is 0 Å². The van der Waals surface area contributed by atoms with Crippen LogP contribution in [-0.2, 0) is 0 Å². The van der Waals surface area contributed by atoms with E-state index in [4.69, 9.17) is 0 Å². The van der Waals surface area contributed by atoms with E-state index >= 15 is 0 Å². The van der Waals surface area contributed by atoms with Crippen LogP contribution >= 0.6 is 0 Å². The molecule has 2 unspecified atom stereocenters. The number of aliphatic hydroxyl groups is 1. The van der Waals surface area contributed by atoms with Gasteiger partial charge in [-0.05, 0) is 38.8 Å². The molecule has 5 heteroatoms. The quantitative estimate of drug-likeness (QED) is 0.915. The molecule has 1 saturated carbocycles. The maximum atomic E-state index is 12.7. The summed E-state index contributed by atoms with van der Waals surface area (Å²) < 4.78 is 1.79. The second-order valence-corrected chi connectivity index (χ2v) is 6.22. The van der Waals surface area contributed by atoms with E-state index in [-0.39, 0.29) is 11.9 Å². The zero-order valence-electron chi connectivity index (χ0n) is 13.6. The number of rotatable bonds is 3. The Hall–Kier alpha value is -2.14. The first-order chi connectivity index (χ1) is 11.1. The lowest BCUT2D eigenvalue weighted by molar-refractivity contribution is 0.0716. The molecule has 1 heterocycles. The Morgan fingerprint density at radius 3 is 2.61 bits per heavy atom. The average molecular weight is 313 g/mol. The van der Waals surface area contributed by atoms with Gasteiger partial charge >= 0.3 is 0 Å². The Morgan fingerprint density at radius 2 is 1.91 bits per heavy atom. The van der Waals surface area contributed by atoms with E-state index in [9.17, 15) is 9.90 Å². The molecule has 3 rings (SSSR count). The minimum Gasteiger partial charge on any atom is -0.391 e. The standard InChI is InChI=1S/C18H23N3O2/c1-12-17(18(23)19-15-10-6-7-11-16(15)22)13(2)21(20-12)14-8-4-3-5-9-14/h3-5,8-9,15-16,22H,6-7,10-11H2,1-2H3,(H,19,23). The van der Waals surface area contributed by atoms with E-state index in [1.807, 2.05) is 44.2 Å². The van der Waals surface area contributed by atoms with E-state index in [0.29, 0.717) is 11.3 Å². The number of aromatic nitrogens is 2. The molecule has 2 aromatic rings. The third-order valence-electron chi connectivity index (χ3n) is 4.57. The number of para-hydroxylation sites is 1. The summed E-state index contributed by atoms with van der Waals surface area (Å²) in [6.45, 7) is 3.75. The number of amides is 1. The number of hydrogen-bond donors (Lipinski definition) is 2. The van der Waals surface area contributed by atoms with Crippen LogP contribution in [0.3, 0.4) is 0 Å². The van der Waals surface area contributed by atoms with E-state index in [1.54, 1.807) is 4.68 Å². The Bertz CT molecular complexity index is 694. The van der Waals surface area contributed by atoms with Crippen molar-refractivity contribution < 1.29 is 9.90 Å². The van der Waals surface area contributed by atoms with Crippen molar-refractivity contribution in [3.05, 3.63) is 47.3 Å². The van der Waals surface area contributed by atoms with Crippen LogP contribution in [-0.4, -0.2) is 32.9 Å². The van der Waals surface area contributed by atoms with Crippen molar-refractivity contribution in [2.45, 2.75) is 51.7 Å². The van der Waals surface area contributed by atoms with Gasteiger partial charge in [-0.3, -0.25) is 4.79 Å². The van der Waals surface area contributed by atoms with Crippen molar-refractivity contribution in [2.75, 3.05) is 0 Å². The molecular formula is C18H23N3O2. The van der Waals surface area contributed by atoms with Gasteiger partial charge in [0.15, 0.2) is 0 Å². The highest BCUT2D eigenvalue weighted by atomic mass is 16.3. The van der Waals surface area contributed by atoms with Gasteiger partial charge in [0.05, 0.1) is 34.8 Å². The van der Waals surface area contributed by atoms with Gasteiger partial charge in [-0.2, -0.15) is 5.10 Å². The fourth-order valence-corrected chi connectivity index (χ4v) is 3.31. The summed E-state index contributed by atoms with van der Waals surface area (Å²) in [5.74, 6) is -0.145. The van der Waals surface area contributed by atoms with Gasteiger partial charge in [0.2, 0.25) is 0 Å². The second kappa shape index (κ2) is 6.54. The Morgan fingerprint density at radius 1 is 1.22 bits per heavy atom. The molecule has 2 atom stereocenters. The monoisotopic (exact) mass is 313 g/mol. The Kier molecular flexibility index (Phi) is 4.48. The second-order valence-electron chi connectivity index (χ2n) is 6.22. The number of carbonyl (C=O) groups is 1. The van der Waals surface area contributed by atoms with Gasteiger partial charge in [-0.15, -0.1) is 0 Å². The first kappa shape index (κ1) is 15.7. The lowest BCUT2D eigenvalue weighted by Gasteiger charge is -2.28. The third-order valence-corrected chi connectivity index (χ3v) is 4.57. The first-order valence-corrected chi connectivity index (χ1v) is 8.18. The number of hydrogen-bond acceptors (Lipinski definition) is 3. The lowest BCUT2D eigenvalue weighted by atomic mass is 9.92. The van der Waals surface area contributed by atoms with Crippen LogP contribution in [0.4, 0.5) is 0 Å². The third kappa shape index (κ3) is 3.15. The Balaban J connectivity index is 1.85. The van der Waals surface area contributed by atoms with Crippen LogP contribution in [0, 0.1) is 13.8 Å². The van der Waals surface area contributed by atoms with Crippen molar-refractivity contribution in [3.8, 4) is 5.69 Å².